The molecule has 0 aliphatic rings. The molecule has 2 N–H and O–H groups in total. The van der Waals surface area contributed by atoms with E-state index in [1.54, 1.807) is 12.1 Å². The van der Waals surface area contributed by atoms with Crippen LogP contribution in [0.15, 0.2) is 24.3 Å². The molecule has 0 bridgehead atoms. The van der Waals surface area contributed by atoms with Crippen LogP contribution in [0.25, 0.3) is 0 Å². The summed E-state index contributed by atoms with van der Waals surface area (Å²) in [6.45, 7) is 6.52. The van der Waals surface area contributed by atoms with Crippen molar-refractivity contribution in [2.75, 3.05) is 13.7 Å². The second kappa shape index (κ2) is 11.3. The van der Waals surface area contributed by atoms with Gasteiger partial charge in [-0.3, -0.25) is 20.4 Å². The number of carbonyl (C=O) groups excluding carboxylic acids is 2. The van der Waals surface area contributed by atoms with Gasteiger partial charge in [0.05, 0.1) is 20.1 Å². The van der Waals surface area contributed by atoms with Crippen LogP contribution in [-0.4, -0.2) is 25.5 Å². The number of nitrogens with one attached hydrogen (secondary N) is 2. The molecule has 8 heteroatoms. The van der Waals surface area contributed by atoms with Crippen LogP contribution in [0.2, 0.25) is 0 Å². The molecule has 0 unspecified atom stereocenters. The maximum absolute atomic E-state index is 13.5. The summed E-state index contributed by atoms with van der Waals surface area (Å²) in [7, 11) is 1.29. The van der Waals surface area contributed by atoms with Gasteiger partial charge in [0.1, 0.15) is 11.5 Å². The summed E-state index contributed by atoms with van der Waals surface area (Å²) in [6.07, 6.45) is 2.28. The quantitative estimate of drug-likeness (QED) is 0.462. The van der Waals surface area contributed by atoms with Crippen LogP contribution in [0.1, 0.15) is 53.7 Å². The summed E-state index contributed by atoms with van der Waals surface area (Å²) in [4.78, 5) is 24.8. The lowest BCUT2D eigenvalue weighted by molar-refractivity contribution is -0.121. The molecule has 2 amide bonds. The van der Waals surface area contributed by atoms with Crippen LogP contribution in [0.4, 0.5) is 8.78 Å². The van der Waals surface area contributed by atoms with Crippen molar-refractivity contribution in [1.82, 2.24) is 10.9 Å². The molecule has 2 aromatic carbocycles. The van der Waals surface area contributed by atoms with Crippen molar-refractivity contribution >= 4 is 11.8 Å². The fourth-order valence-electron chi connectivity index (χ4n) is 3.20. The second-order valence-corrected chi connectivity index (χ2v) is 7.03. The first kappa shape index (κ1) is 24.1. The van der Waals surface area contributed by atoms with Gasteiger partial charge in [-0.2, -0.15) is 0 Å². The highest BCUT2D eigenvalue weighted by atomic mass is 19.2. The van der Waals surface area contributed by atoms with Gasteiger partial charge >= 0.3 is 0 Å². The molecule has 0 aliphatic carbocycles. The summed E-state index contributed by atoms with van der Waals surface area (Å²) in [5.41, 5.74) is 6.95. The number of hydrogen-bond acceptors (Lipinski definition) is 4. The molecule has 0 aliphatic heterocycles. The van der Waals surface area contributed by atoms with Gasteiger partial charge in [-0.05, 0) is 49.1 Å². The molecular weight excluding hydrogens is 406 g/mol. The second-order valence-electron chi connectivity index (χ2n) is 7.03. The zero-order valence-electron chi connectivity index (χ0n) is 18.2. The Morgan fingerprint density at radius 2 is 1.74 bits per heavy atom. The largest absolute Gasteiger partial charge is 0.496 e. The van der Waals surface area contributed by atoms with Crippen molar-refractivity contribution < 1.29 is 27.8 Å². The first-order valence-corrected chi connectivity index (χ1v) is 10.2. The molecule has 2 aromatic rings. The van der Waals surface area contributed by atoms with Crippen molar-refractivity contribution in [2.24, 2.45) is 0 Å². The van der Waals surface area contributed by atoms with Crippen molar-refractivity contribution in [3.05, 3.63) is 58.2 Å². The molecule has 0 saturated heterocycles. The van der Waals surface area contributed by atoms with E-state index < -0.39 is 23.4 Å². The molecule has 0 spiro atoms. The van der Waals surface area contributed by atoms with Gasteiger partial charge in [-0.25, -0.2) is 8.78 Å². The Morgan fingerprint density at radius 3 is 2.39 bits per heavy atom. The first-order valence-electron chi connectivity index (χ1n) is 10.2. The molecule has 0 radical (unpaired) electrons. The van der Waals surface area contributed by atoms with Crippen molar-refractivity contribution in [2.45, 2.75) is 46.5 Å². The zero-order chi connectivity index (χ0) is 23.0. The number of ether oxygens (including phenoxy) is 2. The molecule has 6 nitrogen and oxygen atoms in total. The third-order valence-corrected chi connectivity index (χ3v) is 4.89. The minimum Gasteiger partial charge on any atom is -0.496 e. The maximum atomic E-state index is 13.5. The summed E-state index contributed by atoms with van der Waals surface area (Å²) < 4.78 is 37.6. The van der Waals surface area contributed by atoms with E-state index in [2.05, 4.69) is 17.8 Å². The standard InChI is InChI=1S/C23H28F2N2O4/c1-5-7-10-31-20-9-8-17(16(6-2)14(20)3)23(29)27-26-22(28)12-15-11-18(24)19(25)13-21(15)30-4/h8-9,11,13H,5-7,10,12H2,1-4H3,(H,26,28)(H,27,29). The highest BCUT2D eigenvalue weighted by Crippen LogP contribution is 2.26. The Labute approximate surface area is 180 Å². The molecule has 0 saturated carbocycles. The van der Waals surface area contributed by atoms with Gasteiger partial charge in [0.15, 0.2) is 11.6 Å². The summed E-state index contributed by atoms with van der Waals surface area (Å²) in [6, 6.07) is 5.17. The molecule has 168 valence electrons. The number of halogens is 2. The van der Waals surface area contributed by atoms with E-state index >= 15 is 0 Å². The number of hydrogen-bond donors (Lipinski definition) is 2. The minimum absolute atomic E-state index is 0.0444. The van der Waals surface area contributed by atoms with Crippen molar-refractivity contribution in [3.8, 4) is 11.5 Å². The summed E-state index contributed by atoms with van der Waals surface area (Å²) in [5.74, 6) is -2.47. The van der Waals surface area contributed by atoms with E-state index in [0.29, 0.717) is 18.6 Å². The Morgan fingerprint density at radius 1 is 1.03 bits per heavy atom. The van der Waals surface area contributed by atoms with E-state index in [4.69, 9.17) is 9.47 Å². The number of rotatable bonds is 9. The van der Waals surface area contributed by atoms with Gasteiger partial charge in [0.2, 0.25) is 5.91 Å². The van der Waals surface area contributed by atoms with Crippen LogP contribution in [0.3, 0.4) is 0 Å². The third-order valence-electron chi connectivity index (χ3n) is 4.89. The van der Waals surface area contributed by atoms with Gasteiger partial charge in [-0.15, -0.1) is 0 Å². The van der Waals surface area contributed by atoms with Gasteiger partial charge < -0.3 is 9.47 Å². The van der Waals surface area contributed by atoms with Crippen LogP contribution in [0.5, 0.6) is 11.5 Å². The van der Waals surface area contributed by atoms with E-state index in [0.717, 1.165) is 41.9 Å². The highest BCUT2D eigenvalue weighted by molar-refractivity contribution is 5.97. The number of amides is 2. The molecule has 0 aromatic heterocycles. The van der Waals surface area contributed by atoms with E-state index in [1.807, 2.05) is 13.8 Å². The van der Waals surface area contributed by atoms with E-state index in [-0.39, 0.29) is 17.7 Å². The van der Waals surface area contributed by atoms with E-state index in [1.165, 1.54) is 7.11 Å². The maximum Gasteiger partial charge on any atom is 0.269 e. The molecular formula is C23H28F2N2O4. The predicted molar refractivity (Wildman–Crippen MR) is 113 cm³/mol. The Balaban J connectivity index is 2.06. The Kier molecular flexibility index (Phi) is 8.78. The number of unbranched alkanes of at least 4 members (excludes halogenated alkanes) is 1. The lowest BCUT2D eigenvalue weighted by Crippen LogP contribution is -2.42. The van der Waals surface area contributed by atoms with Gasteiger partial charge in [0.25, 0.3) is 5.91 Å². The Hall–Kier alpha value is -3.16. The highest BCUT2D eigenvalue weighted by Gasteiger charge is 2.17. The average Bonchev–Trinajstić information content (AvgIpc) is 2.75. The van der Waals surface area contributed by atoms with Gasteiger partial charge in [-0.1, -0.05) is 20.3 Å². The molecule has 31 heavy (non-hydrogen) atoms. The normalized spacial score (nSPS) is 10.5. The van der Waals surface area contributed by atoms with Gasteiger partial charge in [0, 0.05) is 17.2 Å². The average molecular weight is 434 g/mol. The topological polar surface area (TPSA) is 76.7 Å². The van der Waals surface area contributed by atoms with Crippen LogP contribution < -0.4 is 20.3 Å². The smallest absolute Gasteiger partial charge is 0.269 e. The van der Waals surface area contributed by atoms with Crippen LogP contribution in [-0.2, 0) is 17.6 Å². The Bertz CT molecular complexity index is 948. The molecule has 0 fully saturated rings. The molecule has 2 rings (SSSR count). The van der Waals surface area contributed by atoms with Crippen LogP contribution >= 0.6 is 0 Å². The van der Waals surface area contributed by atoms with Crippen molar-refractivity contribution in [3.63, 3.8) is 0 Å². The lowest BCUT2D eigenvalue weighted by Gasteiger charge is -2.16. The predicted octanol–water partition coefficient (Wildman–Crippen LogP) is 4.03. The number of benzene rings is 2. The summed E-state index contributed by atoms with van der Waals surface area (Å²) in [5, 5.41) is 0. The number of carbonyl (C=O) groups is 2. The minimum atomic E-state index is -1.09. The number of methoxy groups -OCH3 is 1. The monoisotopic (exact) mass is 434 g/mol. The lowest BCUT2D eigenvalue weighted by atomic mass is 9.98. The fraction of sp³-hybridized carbons (Fsp3) is 0.391. The zero-order valence-corrected chi connectivity index (χ0v) is 18.2. The molecule has 0 atom stereocenters. The fourth-order valence-corrected chi connectivity index (χ4v) is 3.20. The number of hydrazine groups is 1. The summed E-state index contributed by atoms with van der Waals surface area (Å²) >= 11 is 0. The van der Waals surface area contributed by atoms with Crippen LogP contribution in [0, 0.1) is 18.6 Å². The third kappa shape index (κ3) is 6.16. The first-order chi connectivity index (χ1) is 14.8. The van der Waals surface area contributed by atoms with Crippen molar-refractivity contribution in [1.29, 1.82) is 0 Å². The molecule has 0 heterocycles. The SMILES string of the molecule is CCCCOc1ccc(C(=O)NNC(=O)Cc2cc(F)c(F)cc2OC)c(CC)c1C. The van der Waals surface area contributed by atoms with E-state index in [9.17, 15) is 18.4 Å².